The first-order valence-corrected chi connectivity index (χ1v) is 11.7. The van der Waals surface area contributed by atoms with Crippen LogP contribution in [-0.4, -0.2) is 0 Å². The minimum Gasteiger partial charge on any atom is -0.0804 e. The number of unbranched alkanes of at least 4 members (excludes halogenated alkanes) is 1. The summed E-state index contributed by atoms with van der Waals surface area (Å²) in [7, 11) is 0. The Morgan fingerprint density at radius 1 is 0.852 bits per heavy atom. The molecule has 0 N–H and O–H groups in total. The third-order valence-corrected chi connectivity index (χ3v) is 7.06. The second kappa shape index (κ2) is 10.3. The molecule has 2 aliphatic rings. The Morgan fingerprint density at radius 2 is 1.41 bits per heavy atom. The van der Waals surface area contributed by atoms with Crippen LogP contribution in [-0.2, 0) is 0 Å². The van der Waals surface area contributed by atoms with Gasteiger partial charge in [0.2, 0.25) is 0 Å². The van der Waals surface area contributed by atoms with Gasteiger partial charge in [-0.15, -0.1) is 0 Å². The van der Waals surface area contributed by atoms with E-state index in [9.17, 15) is 0 Å². The summed E-state index contributed by atoms with van der Waals surface area (Å²) in [5.41, 5.74) is 6.08. The van der Waals surface area contributed by atoms with Crippen molar-refractivity contribution in [3.05, 3.63) is 47.5 Å². The second-order valence-corrected chi connectivity index (χ2v) is 9.21. The van der Waals surface area contributed by atoms with Gasteiger partial charge in [-0.05, 0) is 85.0 Å². The molecule has 1 aromatic carbocycles. The summed E-state index contributed by atoms with van der Waals surface area (Å²) in [5, 5.41) is 0. The number of allylic oxidation sites excluding steroid dienone is 4. The maximum atomic E-state index is 2.53. The third-order valence-electron chi connectivity index (χ3n) is 7.06. The minimum absolute atomic E-state index is 0.884. The van der Waals surface area contributed by atoms with Crippen molar-refractivity contribution in [3.63, 3.8) is 0 Å². The first-order valence-electron chi connectivity index (χ1n) is 11.7. The van der Waals surface area contributed by atoms with E-state index < -0.39 is 0 Å². The van der Waals surface area contributed by atoms with Crippen LogP contribution in [0.1, 0.15) is 103 Å². The Labute approximate surface area is 168 Å². The zero-order chi connectivity index (χ0) is 19.1. The third kappa shape index (κ3) is 5.84. The van der Waals surface area contributed by atoms with Crippen molar-refractivity contribution in [1.82, 2.24) is 0 Å². The number of rotatable bonds is 8. The van der Waals surface area contributed by atoms with Gasteiger partial charge in [-0.2, -0.15) is 0 Å². The van der Waals surface area contributed by atoms with Gasteiger partial charge in [0.15, 0.2) is 0 Å². The lowest BCUT2D eigenvalue weighted by Crippen LogP contribution is -2.09. The van der Waals surface area contributed by atoms with E-state index in [2.05, 4.69) is 57.2 Å². The molecule has 3 rings (SSSR count). The van der Waals surface area contributed by atoms with Crippen molar-refractivity contribution in [2.45, 2.75) is 91.4 Å². The van der Waals surface area contributed by atoms with Gasteiger partial charge in [0.1, 0.15) is 0 Å². The van der Waals surface area contributed by atoms with Crippen LogP contribution < -0.4 is 0 Å². The van der Waals surface area contributed by atoms with E-state index in [0.717, 1.165) is 17.8 Å². The van der Waals surface area contributed by atoms with Gasteiger partial charge in [0, 0.05) is 0 Å². The maximum absolute atomic E-state index is 2.53. The lowest BCUT2D eigenvalue weighted by atomic mass is 9.81. The maximum Gasteiger partial charge on any atom is -0.0227 e. The van der Waals surface area contributed by atoms with E-state index in [0.29, 0.717) is 0 Å². The van der Waals surface area contributed by atoms with Gasteiger partial charge in [-0.1, -0.05) is 82.9 Å². The fraction of sp³-hybridized carbons (Fsp3) is 0.630. The zero-order valence-corrected chi connectivity index (χ0v) is 18.0. The molecule has 0 saturated carbocycles. The molecule has 0 aromatic heterocycles. The van der Waals surface area contributed by atoms with Gasteiger partial charge in [-0.25, -0.2) is 0 Å². The molecule has 0 bridgehead atoms. The Kier molecular flexibility index (Phi) is 7.80. The topological polar surface area (TPSA) is 0 Å². The van der Waals surface area contributed by atoms with Gasteiger partial charge < -0.3 is 0 Å². The average molecular weight is 365 g/mol. The first kappa shape index (κ1) is 20.4. The average Bonchev–Trinajstić information content (AvgIpc) is 2.73. The predicted octanol–water partition coefficient (Wildman–Crippen LogP) is 8.68. The van der Waals surface area contributed by atoms with Crippen molar-refractivity contribution in [3.8, 4) is 0 Å². The molecular formula is C27H40. The van der Waals surface area contributed by atoms with Crippen LogP contribution in [0.5, 0.6) is 0 Å². The Morgan fingerprint density at radius 3 is 1.85 bits per heavy atom. The Hall–Kier alpha value is -1.30. The van der Waals surface area contributed by atoms with Crippen molar-refractivity contribution in [2.24, 2.45) is 17.8 Å². The van der Waals surface area contributed by atoms with Crippen molar-refractivity contribution >= 4 is 11.1 Å². The zero-order valence-electron chi connectivity index (χ0n) is 18.0. The highest BCUT2D eigenvalue weighted by atomic mass is 14.2. The van der Waals surface area contributed by atoms with Crippen LogP contribution in [0.3, 0.4) is 0 Å². The highest BCUT2D eigenvalue weighted by Gasteiger charge is 2.18. The first-order chi connectivity index (χ1) is 13.2. The molecule has 0 nitrogen and oxygen atoms in total. The van der Waals surface area contributed by atoms with Crippen LogP contribution in [0.15, 0.2) is 36.4 Å². The van der Waals surface area contributed by atoms with Crippen molar-refractivity contribution in [1.29, 1.82) is 0 Å². The summed E-state index contributed by atoms with van der Waals surface area (Å²) in [4.78, 5) is 0. The number of hydrogen-bond donors (Lipinski definition) is 0. The fourth-order valence-electron chi connectivity index (χ4n) is 4.90. The van der Waals surface area contributed by atoms with E-state index in [1.54, 1.807) is 11.1 Å². The molecule has 0 aliphatic heterocycles. The molecule has 0 amide bonds. The van der Waals surface area contributed by atoms with Crippen molar-refractivity contribution in [2.75, 3.05) is 0 Å². The largest absolute Gasteiger partial charge is 0.0804 e. The summed E-state index contributed by atoms with van der Waals surface area (Å²) in [5.74, 6) is 2.73. The highest BCUT2D eigenvalue weighted by molar-refractivity contribution is 5.71. The number of benzene rings is 1. The monoisotopic (exact) mass is 364 g/mol. The van der Waals surface area contributed by atoms with Gasteiger partial charge in [0.25, 0.3) is 0 Å². The standard InChI is InChI=1S/C27H40/c1-4-6-7-22-8-12-24(13-9-22)26-16-18-27(19-17-26)25-14-10-23(11-15-25)20-21(3)5-2/h12,14,16-19,21-23H,4-11,13,15,20H2,1-3H3. The van der Waals surface area contributed by atoms with Crippen LogP contribution in [0.25, 0.3) is 11.1 Å². The molecule has 2 aliphatic carbocycles. The second-order valence-electron chi connectivity index (χ2n) is 9.21. The minimum atomic E-state index is 0.884. The molecule has 3 atom stereocenters. The summed E-state index contributed by atoms with van der Waals surface area (Å²) < 4.78 is 0. The van der Waals surface area contributed by atoms with Gasteiger partial charge in [0.05, 0.1) is 0 Å². The summed E-state index contributed by atoms with van der Waals surface area (Å²) in [6, 6.07) is 9.50. The number of hydrogen-bond acceptors (Lipinski definition) is 0. The lowest BCUT2D eigenvalue weighted by Gasteiger charge is -2.25. The summed E-state index contributed by atoms with van der Waals surface area (Å²) in [6.07, 6.45) is 19.8. The summed E-state index contributed by atoms with van der Waals surface area (Å²) >= 11 is 0. The normalized spacial score (nSPS) is 24.3. The molecule has 0 heteroatoms. The Balaban J connectivity index is 1.56. The van der Waals surface area contributed by atoms with Crippen LogP contribution in [0.2, 0.25) is 0 Å². The fourth-order valence-corrected chi connectivity index (χ4v) is 4.90. The molecular weight excluding hydrogens is 324 g/mol. The molecule has 0 fully saturated rings. The molecule has 3 unspecified atom stereocenters. The van der Waals surface area contributed by atoms with E-state index >= 15 is 0 Å². The lowest BCUT2D eigenvalue weighted by molar-refractivity contribution is 0.362. The van der Waals surface area contributed by atoms with Crippen molar-refractivity contribution < 1.29 is 0 Å². The highest BCUT2D eigenvalue weighted by Crippen LogP contribution is 2.36. The molecule has 0 saturated heterocycles. The molecule has 27 heavy (non-hydrogen) atoms. The van der Waals surface area contributed by atoms with Gasteiger partial charge in [-0.3, -0.25) is 0 Å². The molecule has 1 aromatic rings. The molecule has 0 heterocycles. The van der Waals surface area contributed by atoms with E-state index in [4.69, 9.17) is 0 Å². The van der Waals surface area contributed by atoms with E-state index in [-0.39, 0.29) is 0 Å². The van der Waals surface area contributed by atoms with E-state index in [1.807, 2.05) is 0 Å². The van der Waals surface area contributed by atoms with Gasteiger partial charge >= 0.3 is 0 Å². The van der Waals surface area contributed by atoms with Crippen LogP contribution in [0, 0.1) is 17.8 Å². The quantitative estimate of drug-likeness (QED) is 0.433. The van der Waals surface area contributed by atoms with Crippen LogP contribution >= 0.6 is 0 Å². The SMILES string of the molecule is CCCCC1CC=C(c2ccc(C3=CCC(CC(C)CC)CC3)cc2)CC1. The smallest absolute Gasteiger partial charge is 0.0227 e. The van der Waals surface area contributed by atoms with Crippen LogP contribution in [0.4, 0.5) is 0 Å². The molecule has 0 spiro atoms. The molecule has 148 valence electrons. The van der Waals surface area contributed by atoms with E-state index in [1.165, 1.54) is 81.8 Å². The predicted molar refractivity (Wildman–Crippen MR) is 121 cm³/mol. The molecule has 0 radical (unpaired) electrons. The Bertz CT molecular complexity index is 631. The summed E-state index contributed by atoms with van der Waals surface area (Å²) in [6.45, 7) is 7.03.